The van der Waals surface area contributed by atoms with Gasteiger partial charge >= 0.3 is 6.18 Å². The maximum atomic E-state index is 12.9. The maximum absolute atomic E-state index is 12.9. The lowest BCUT2D eigenvalue weighted by molar-refractivity contribution is -0.137. The van der Waals surface area contributed by atoms with Gasteiger partial charge in [-0.05, 0) is 23.1 Å². The third-order valence-electron chi connectivity index (χ3n) is 3.38. The van der Waals surface area contributed by atoms with E-state index in [-0.39, 0.29) is 6.61 Å². The van der Waals surface area contributed by atoms with Crippen LogP contribution in [0.4, 0.5) is 13.2 Å². The minimum atomic E-state index is -4.44. The molecule has 4 nitrogen and oxygen atoms in total. The van der Waals surface area contributed by atoms with Crippen LogP contribution in [-0.2, 0) is 15.7 Å². The van der Waals surface area contributed by atoms with Crippen LogP contribution in [0.1, 0.15) is 37.9 Å². The second-order valence-corrected chi connectivity index (χ2v) is 6.49. The Kier molecular flexibility index (Phi) is 6.18. The summed E-state index contributed by atoms with van der Waals surface area (Å²) in [6.07, 6.45) is -4.44. The Morgan fingerprint density at radius 1 is 1.30 bits per heavy atom. The number of benzene rings is 1. The van der Waals surface area contributed by atoms with Crippen molar-refractivity contribution in [1.82, 2.24) is 5.32 Å². The van der Waals surface area contributed by atoms with Gasteiger partial charge in [0.1, 0.15) is 6.04 Å². The van der Waals surface area contributed by atoms with Crippen LogP contribution < -0.4 is 11.1 Å². The third kappa shape index (κ3) is 5.51. The van der Waals surface area contributed by atoms with Gasteiger partial charge in [0, 0.05) is 7.11 Å². The molecular weight excluding hydrogens is 309 g/mol. The first-order valence-corrected chi connectivity index (χ1v) is 7.19. The summed E-state index contributed by atoms with van der Waals surface area (Å²) in [5, 5.41) is 2.73. The summed E-state index contributed by atoms with van der Waals surface area (Å²) in [4.78, 5) is 12.1. The summed E-state index contributed by atoms with van der Waals surface area (Å²) < 4.78 is 43.5. The molecule has 0 saturated heterocycles. The van der Waals surface area contributed by atoms with Crippen molar-refractivity contribution < 1.29 is 22.7 Å². The summed E-state index contributed by atoms with van der Waals surface area (Å²) in [6, 6.07) is 3.46. The van der Waals surface area contributed by atoms with E-state index in [1.807, 2.05) is 20.8 Å². The van der Waals surface area contributed by atoms with Crippen LogP contribution >= 0.6 is 0 Å². The third-order valence-corrected chi connectivity index (χ3v) is 3.38. The van der Waals surface area contributed by atoms with Gasteiger partial charge in [-0.1, -0.05) is 32.9 Å². The van der Waals surface area contributed by atoms with Crippen LogP contribution in [0.15, 0.2) is 24.3 Å². The summed E-state index contributed by atoms with van der Waals surface area (Å²) >= 11 is 0. The standard InChI is InChI=1S/C16H23F3N2O2/c1-15(2,3)13(21-14(22)12(20)9-23-4)10-6-5-7-11(8-10)16(17,18)19/h5-8,12-13H,9,20H2,1-4H3,(H,21,22). The molecule has 1 aromatic carbocycles. The predicted molar refractivity (Wildman–Crippen MR) is 81.6 cm³/mol. The molecule has 0 fully saturated rings. The largest absolute Gasteiger partial charge is 0.416 e. The normalized spacial score (nSPS) is 15.1. The van der Waals surface area contributed by atoms with E-state index < -0.39 is 35.1 Å². The lowest BCUT2D eigenvalue weighted by Gasteiger charge is -2.33. The number of carbonyl (C=O) groups excluding carboxylic acids is 1. The van der Waals surface area contributed by atoms with Gasteiger partial charge in [0.2, 0.25) is 5.91 Å². The van der Waals surface area contributed by atoms with Crippen LogP contribution in [0.2, 0.25) is 0 Å². The van der Waals surface area contributed by atoms with Crippen molar-refractivity contribution in [1.29, 1.82) is 0 Å². The fourth-order valence-electron chi connectivity index (χ4n) is 2.20. The first-order chi connectivity index (χ1) is 10.5. The Morgan fingerprint density at radius 3 is 2.39 bits per heavy atom. The molecule has 1 rings (SSSR count). The summed E-state index contributed by atoms with van der Waals surface area (Å²) in [5.74, 6) is -0.468. The minimum absolute atomic E-state index is 0.0330. The van der Waals surface area contributed by atoms with Crippen molar-refractivity contribution >= 4 is 5.91 Å². The number of rotatable bonds is 5. The number of halogens is 3. The molecule has 1 amide bonds. The quantitative estimate of drug-likeness (QED) is 0.871. The van der Waals surface area contributed by atoms with E-state index in [4.69, 9.17) is 10.5 Å². The molecule has 0 saturated carbocycles. The number of ether oxygens (including phenoxy) is 1. The average Bonchev–Trinajstić information content (AvgIpc) is 2.42. The average molecular weight is 332 g/mol. The number of hydrogen-bond acceptors (Lipinski definition) is 3. The Bertz CT molecular complexity index is 539. The highest BCUT2D eigenvalue weighted by Crippen LogP contribution is 2.36. The number of carbonyl (C=O) groups is 1. The lowest BCUT2D eigenvalue weighted by Crippen LogP contribution is -2.47. The van der Waals surface area contributed by atoms with Crippen LogP contribution in [0.5, 0.6) is 0 Å². The highest BCUT2D eigenvalue weighted by atomic mass is 19.4. The number of nitrogens with two attached hydrogens (primary N) is 1. The topological polar surface area (TPSA) is 64.3 Å². The van der Waals surface area contributed by atoms with Crippen molar-refractivity contribution in [2.75, 3.05) is 13.7 Å². The highest BCUT2D eigenvalue weighted by Gasteiger charge is 2.34. The fraction of sp³-hybridized carbons (Fsp3) is 0.562. The van der Waals surface area contributed by atoms with E-state index in [1.54, 1.807) is 6.07 Å². The molecule has 1 aromatic rings. The Hall–Kier alpha value is -1.60. The first kappa shape index (κ1) is 19.4. The Morgan fingerprint density at radius 2 is 1.91 bits per heavy atom. The predicted octanol–water partition coefficient (Wildman–Crippen LogP) is 2.88. The zero-order valence-corrected chi connectivity index (χ0v) is 13.7. The number of nitrogens with one attached hydrogen (secondary N) is 1. The van der Waals surface area contributed by atoms with Crippen molar-refractivity contribution in [3.05, 3.63) is 35.4 Å². The number of methoxy groups -OCH3 is 1. The Balaban J connectivity index is 3.11. The zero-order valence-electron chi connectivity index (χ0n) is 13.7. The molecule has 3 N–H and O–H groups in total. The van der Waals surface area contributed by atoms with Gasteiger partial charge in [-0.3, -0.25) is 4.79 Å². The van der Waals surface area contributed by atoms with E-state index in [1.165, 1.54) is 13.2 Å². The summed E-state index contributed by atoms with van der Waals surface area (Å²) in [5.41, 5.74) is 4.82. The van der Waals surface area contributed by atoms with E-state index >= 15 is 0 Å². The monoisotopic (exact) mass is 332 g/mol. The van der Waals surface area contributed by atoms with Gasteiger partial charge in [0.25, 0.3) is 0 Å². The van der Waals surface area contributed by atoms with Crippen LogP contribution in [-0.4, -0.2) is 25.7 Å². The van der Waals surface area contributed by atoms with Gasteiger partial charge in [-0.25, -0.2) is 0 Å². The number of amides is 1. The summed E-state index contributed by atoms with van der Waals surface area (Å²) in [6.45, 7) is 5.53. The van der Waals surface area contributed by atoms with E-state index in [0.29, 0.717) is 5.56 Å². The molecular formula is C16H23F3N2O2. The lowest BCUT2D eigenvalue weighted by atomic mass is 9.81. The summed E-state index contributed by atoms with van der Waals surface area (Å²) in [7, 11) is 1.42. The molecule has 7 heteroatoms. The molecule has 0 spiro atoms. The van der Waals surface area contributed by atoms with Gasteiger partial charge in [0.15, 0.2) is 0 Å². The molecule has 0 aromatic heterocycles. The highest BCUT2D eigenvalue weighted by molar-refractivity contribution is 5.82. The molecule has 0 bridgehead atoms. The van der Waals surface area contributed by atoms with Crippen LogP contribution in [0.3, 0.4) is 0 Å². The maximum Gasteiger partial charge on any atom is 0.416 e. The Labute approximate surface area is 134 Å². The first-order valence-electron chi connectivity index (χ1n) is 7.19. The zero-order chi connectivity index (χ0) is 17.8. The van der Waals surface area contributed by atoms with Crippen molar-refractivity contribution in [3.8, 4) is 0 Å². The number of alkyl halides is 3. The van der Waals surface area contributed by atoms with E-state index in [9.17, 15) is 18.0 Å². The molecule has 0 aliphatic carbocycles. The van der Waals surface area contributed by atoms with E-state index in [0.717, 1.165) is 12.1 Å². The molecule has 0 radical (unpaired) electrons. The fourth-order valence-corrected chi connectivity index (χ4v) is 2.20. The second kappa shape index (κ2) is 7.31. The molecule has 130 valence electrons. The van der Waals surface area contributed by atoms with Gasteiger partial charge in [-0.2, -0.15) is 13.2 Å². The molecule has 0 aliphatic heterocycles. The van der Waals surface area contributed by atoms with Gasteiger partial charge in [0.05, 0.1) is 18.2 Å². The number of hydrogen-bond donors (Lipinski definition) is 2. The van der Waals surface area contributed by atoms with Crippen LogP contribution in [0.25, 0.3) is 0 Å². The van der Waals surface area contributed by atoms with Crippen molar-refractivity contribution in [2.24, 2.45) is 11.1 Å². The van der Waals surface area contributed by atoms with Crippen LogP contribution in [0, 0.1) is 5.41 Å². The van der Waals surface area contributed by atoms with Gasteiger partial charge in [-0.15, -0.1) is 0 Å². The smallest absolute Gasteiger partial charge is 0.383 e. The molecule has 0 aliphatic rings. The van der Waals surface area contributed by atoms with Crippen molar-refractivity contribution in [3.63, 3.8) is 0 Å². The van der Waals surface area contributed by atoms with Gasteiger partial charge < -0.3 is 15.8 Å². The SMILES string of the molecule is COCC(N)C(=O)NC(c1cccc(C(F)(F)F)c1)C(C)(C)C. The van der Waals surface area contributed by atoms with Crippen molar-refractivity contribution in [2.45, 2.75) is 39.0 Å². The van der Waals surface area contributed by atoms with E-state index in [2.05, 4.69) is 5.32 Å². The molecule has 2 unspecified atom stereocenters. The molecule has 23 heavy (non-hydrogen) atoms. The second-order valence-electron chi connectivity index (χ2n) is 6.49. The molecule has 2 atom stereocenters. The molecule has 0 heterocycles. The minimum Gasteiger partial charge on any atom is -0.383 e.